The van der Waals surface area contributed by atoms with Crippen LogP contribution < -0.4 is 16.4 Å². The number of carbonyl (C=O) groups is 2. The van der Waals surface area contributed by atoms with Crippen LogP contribution in [-0.2, 0) is 4.79 Å². The minimum absolute atomic E-state index is 0.125. The van der Waals surface area contributed by atoms with E-state index >= 15 is 0 Å². The average Bonchev–Trinajstić information content (AvgIpc) is 3.12. The molecule has 0 fully saturated rings. The molecule has 25 heavy (non-hydrogen) atoms. The smallest absolute Gasteiger partial charge is 0.318 e. The van der Waals surface area contributed by atoms with E-state index in [1.165, 1.54) is 5.56 Å². The van der Waals surface area contributed by atoms with Crippen LogP contribution in [0.4, 0.5) is 4.79 Å². The minimum Gasteiger partial charge on any atom is -0.351 e. The SMILES string of the molecule is CC[C@H](C)c1ccc([C@@H](N[C@@H](C)C(=O)NC(N)=O)c2cccs2)cc1. The summed E-state index contributed by atoms with van der Waals surface area (Å²) in [6.45, 7) is 6.10. The Labute approximate surface area is 152 Å². The lowest BCUT2D eigenvalue weighted by Gasteiger charge is -2.23. The Morgan fingerprint density at radius 2 is 1.76 bits per heavy atom. The fraction of sp³-hybridized carbons (Fsp3) is 0.368. The van der Waals surface area contributed by atoms with Gasteiger partial charge in [0.15, 0.2) is 0 Å². The maximum Gasteiger partial charge on any atom is 0.318 e. The van der Waals surface area contributed by atoms with E-state index in [1.54, 1.807) is 18.3 Å². The van der Waals surface area contributed by atoms with Crippen LogP contribution in [-0.4, -0.2) is 18.0 Å². The minimum atomic E-state index is -0.843. The zero-order valence-electron chi connectivity index (χ0n) is 14.8. The topological polar surface area (TPSA) is 84.2 Å². The second-order valence-electron chi connectivity index (χ2n) is 6.17. The molecule has 0 aliphatic rings. The van der Waals surface area contributed by atoms with Gasteiger partial charge in [0.25, 0.3) is 0 Å². The number of imide groups is 1. The lowest BCUT2D eigenvalue weighted by Crippen LogP contribution is -2.47. The predicted molar refractivity (Wildman–Crippen MR) is 102 cm³/mol. The molecule has 4 N–H and O–H groups in total. The molecule has 3 amide bonds. The van der Waals surface area contributed by atoms with Crippen molar-refractivity contribution >= 4 is 23.3 Å². The van der Waals surface area contributed by atoms with Gasteiger partial charge in [-0.15, -0.1) is 11.3 Å². The van der Waals surface area contributed by atoms with E-state index in [0.29, 0.717) is 5.92 Å². The molecule has 1 heterocycles. The van der Waals surface area contributed by atoms with Crippen molar-refractivity contribution in [3.63, 3.8) is 0 Å². The number of nitrogens with one attached hydrogen (secondary N) is 2. The summed E-state index contributed by atoms with van der Waals surface area (Å²) in [5.74, 6) is 0.0766. The number of primary amides is 1. The largest absolute Gasteiger partial charge is 0.351 e. The Hall–Kier alpha value is -2.18. The molecule has 0 aliphatic carbocycles. The summed E-state index contributed by atoms with van der Waals surface area (Å²) in [5.41, 5.74) is 7.41. The fourth-order valence-electron chi connectivity index (χ4n) is 2.61. The number of hydrogen-bond acceptors (Lipinski definition) is 4. The summed E-state index contributed by atoms with van der Waals surface area (Å²) in [4.78, 5) is 24.0. The molecule has 134 valence electrons. The molecule has 0 radical (unpaired) electrons. The molecule has 0 unspecified atom stereocenters. The second-order valence-corrected chi connectivity index (χ2v) is 7.15. The number of thiophene rings is 1. The van der Waals surface area contributed by atoms with Crippen molar-refractivity contribution in [2.24, 2.45) is 5.73 Å². The molecule has 5 nitrogen and oxygen atoms in total. The third-order valence-corrected chi connectivity index (χ3v) is 5.27. The van der Waals surface area contributed by atoms with E-state index in [4.69, 9.17) is 5.73 Å². The summed E-state index contributed by atoms with van der Waals surface area (Å²) in [6.07, 6.45) is 1.09. The number of amides is 3. The molecule has 1 aromatic heterocycles. The van der Waals surface area contributed by atoms with Crippen molar-refractivity contribution in [1.29, 1.82) is 0 Å². The van der Waals surface area contributed by atoms with Crippen molar-refractivity contribution in [2.75, 3.05) is 0 Å². The number of urea groups is 1. The van der Waals surface area contributed by atoms with E-state index in [1.807, 2.05) is 17.5 Å². The van der Waals surface area contributed by atoms with Gasteiger partial charge in [-0.25, -0.2) is 4.79 Å². The predicted octanol–water partition coefficient (Wildman–Crippen LogP) is 3.52. The van der Waals surface area contributed by atoms with Crippen molar-refractivity contribution in [2.45, 2.75) is 45.2 Å². The van der Waals surface area contributed by atoms with Crippen molar-refractivity contribution in [3.8, 4) is 0 Å². The van der Waals surface area contributed by atoms with E-state index in [2.05, 4.69) is 48.7 Å². The molecule has 2 aromatic rings. The van der Waals surface area contributed by atoms with E-state index < -0.39 is 18.0 Å². The highest BCUT2D eigenvalue weighted by atomic mass is 32.1. The number of nitrogens with two attached hydrogens (primary N) is 1. The Balaban J connectivity index is 2.22. The van der Waals surface area contributed by atoms with Crippen LogP contribution in [0.15, 0.2) is 41.8 Å². The van der Waals surface area contributed by atoms with Gasteiger partial charge in [-0.3, -0.25) is 15.4 Å². The Morgan fingerprint density at radius 3 is 2.28 bits per heavy atom. The van der Waals surface area contributed by atoms with Gasteiger partial charge in [-0.1, -0.05) is 44.2 Å². The third-order valence-electron chi connectivity index (χ3n) is 4.34. The Morgan fingerprint density at radius 1 is 1.12 bits per heavy atom. The van der Waals surface area contributed by atoms with Crippen LogP contribution in [0.2, 0.25) is 0 Å². The quantitative estimate of drug-likeness (QED) is 0.707. The summed E-state index contributed by atoms with van der Waals surface area (Å²) < 4.78 is 0. The lowest BCUT2D eigenvalue weighted by atomic mass is 9.95. The van der Waals surface area contributed by atoms with Crippen LogP contribution in [0.1, 0.15) is 55.2 Å². The highest BCUT2D eigenvalue weighted by molar-refractivity contribution is 7.10. The first-order valence-electron chi connectivity index (χ1n) is 8.42. The van der Waals surface area contributed by atoms with E-state index in [0.717, 1.165) is 16.9 Å². The summed E-state index contributed by atoms with van der Waals surface area (Å²) in [5, 5.41) is 7.42. The van der Waals surface area contributed by atoms with Crippen molar-refractivity contribution < 1.29 is 9.59 Å². The van der Waals surface area contributed by atoms with Crippen LogP contribution in [0.5, 0.6) is 0 Å². The van der Waals surface area contributed by atoms with Gasteiger partial charge >= 0.3 is 6.03 Å². The van der Waals surface area contributed by atoms with Crippen molar-refractivity contribution in [3.05, 3.63) is 57.8 Å². The van der Waals surface area contributed by atoms with Crippen LogP contribution >= 0.6 is 11.3 Å². The molecular formula is C19H25N3O2S. The zero-order valence-corrected chi connectivity index (χ0v) is 15.6. The van der Waals surface area contributed by atoms with Gasteiger partial charge in [0, 0.05) is 4.88 Å². The molecule has 3 atom stereocenters. The monoisotopic (exact) mass is 359 g/mol. The number of rotatable bonds is 7. The zero-order chi connectivity index (χ0) is 18.4. The maximum absolute atomic E-state index is 12.0. The van der Waals surface area contributed by atoms with E-state index in [-0.39, 0.29) is 6.04 Å². The normalized spacial score (nSPS) is 14.5. The van der Waals surface area contributed by atoms with E-state index in [9.17, 15) is 9.59 Å². The standard InChI is InChI=1S/C19H25N3O2S/c1-4-12(2)14-7-9-15(10-8-14)17(16-6-5-11-25-16)21-13(3)18(23)22-19(20)24/h5-13,17,21H,4H2,1-3H3,(H3,20,22,23,24)/t12-,13-,17+/m0/s1. The summed E-state index contributed by atoms with van der Waals surface area (Å²) in [7, 11) is 0. The first kappa shape index (κ1) is 19.1. The van der Waals surface area contributed by atoms with Gasteiger partial charge in [-0.05, 0) is 41.8 Å². The van der Waals surface area contributed by atoms with Crippen LogP contribution in [0.25, 0.3) is 0 Å². The lowest BCUT2D eigenvalue weighted by molar-refractivity contribution is -0.121. The number of hydrogen-bond donors (Lipinski definition) is 3. The van der Waals surface area contributed by atoms with Gasteiger partial charge in [0.2, 0.25) is 5.91 Å². The summed E-state index contributed by atoms with van der Waals surface area (Å²) in [6, 6.07) is 11.0. The average molecular weight is 359 g/mol. The van der Waals surface area contributed by atoms with Gasteiger partial charge in [-0.2, -0.15) is 0 Å². The highest BCUT2D eigenvalue weighted by Gasteiger charge is 2.22. The molecule has 0 saturated carbocycles. The molecule has 0 aliphatic heterocycles. The molecular weight excluding hydrogens is 334 g/mol. The maximum atomic E-state index is 12.0. The van der Waals surface area contributed by atoms with Crippen LogP contribution in [0.3, 0.4) is 0 Å². The molecule has 6 heteroatoms. The second kappa shape index (κ2) is 8.78. The Bertz CT molecular complexity index is 698. The fourth-order valence-corrected chi connectivity index (χ4v) is 3.42. The first-order chi connectivity index (χ1) is 11.9. The number of carbonyl (C=O) groups excluding carboxylic acids is 2. The van der Waals surface area contributed by atoms with Crippen LogP contribution in [0, 0.1) is 0 Å². The van der Waals surface area contributed by atoms with Crippen molar-refractivity contribution in [1.82, 2.24) is 10.6 Å². The summed E-state index contributed by atoms with van der Waals surface area (Å²) >= 11 is 1.62. The molecule has 0 bridgehead atoms. The highest BCUT2D eigenvalue weighted by Crippen LogP contribution is 2.28. The molecule has 0 saturated heterocycles. The van der Waals surface area contributed by atoms with Gasteiger partial charge in [0.05, 0.1) is 12.1 Å². The van der Waals surface area contributed by atoms with Gasteiger partial charge < -0.3 is 5.73 Å². The van der Waals surface area contributed by atoms with Gasteiger partial charge in [0.1, 0.15) is 0 Å². The first-order valence-corrected chi connectivity index (χ1v) is 9.30. The molecule has 0 spiro atoms. The Kier molecular flexibility index (Phi) is 6.73. The number of benzene rings is 1. The third kappa shape index (κ3) is 5.14. The molecule has 1 aromatic carbocycles. The molecule has 2 rings (SSSR count).